The minimum atomic E-state index is -0.505. The molecule has 0 saturated heterocycles. The fraction of sp³-hybridized carbons (Fsp3) is 0.600. The molecule has 1 aromatic carbocycles. The van der Waals surface area contributed by atoms with Gasteiger partial charge in [-0.2, -0.15) is 0 Å². The van der Waals surface area contributed by atoms with Gasteiger partial charge in [0.15, 0.2) is 0 Å². The van der Waals surface area contributed by atoms with E-state index in [2.05, 4.69) is 38.2 Å². The highest BCUT2D eigenvalue weighted by Gasteiger charge is 2.22. The van der Waals surface area contributed by atoms with Gasteiger partial charge in [-0.15, -0.1) is 0 Å². The Morgan fingerprint density at radius 3 is 2.00 bits per heavy atom. The van der Waals surface area contributed by atoms with Gasteiger partial charge in [-0.05, 0) is 37.3 Å². The number of carbonyl (C=O) groups excluding carboxylic acids is 2. The van der Waals surface area contributed by atoms with Gasteiger partial charge in [0.05, 0.1) is 6.04 Å². The van der Waals surface area contributed by atoms with Gasteiger partial charge in [-0.1, -0.05) is 57.9 Å². The minimum Gasteiger partial charge on any atom is -0.341 e. The Balaban J connectivity index is 2.65. The zero-order valence-corrected chi connectivity index (χ0v) is 15.6. The first-order valence-electron chi connectivity index (χ1n) is 9.22. The van der Waals surface area contributed by atoms with E-state index >= 15 is 0 Å². The second kappa shape index (κ2) is 10.8. The number of amides is 2. The molecule has 0 aliphatic rings. The van der Waals surface area contributed by atoms with Crippen molar-refractivity contribution in [3.63, 3.8) is 0 Å². The van der Waals surface area contributed by atoms with Gasteiger partial charge in [0, 0.05) is 13.1 Å². The van der Waals surface area contributed by atoms with Crippen LogP contribution in [0.2, 0.25) is 0 Å². The Labute approximate surface area is 146 Å². The number of nitrogens with one attached hydrogen (secondary N) is 1. The third kappa shape index (κ3) is 6.34. The summed E-state index contributed by atoms with van der Waals surface area (Å²) in [6.07, 6.45) is 4.87. The highest BCUT2D eigenvalue weighted by Crippen LogP contribution is 2.14. The lowest BCUT2D eigenvalue weighted by Crippen LogP contribution is -2.44. The molecule has 0 aliphatic heterocycles. The maximum atomic E-state index is 12.4. The summed E-state index contributed by atoms with van der Waals surface area (Å²) in [7, 11) is 0. The second-order valence-electron chi connectivity index (χ2n) is 6.29. The van der Waals surface area contributed by atoms with Crippen molar-refractivity contribution in [3.05, 3.63) is 35.4 Å². The van der Waals surface area contributed by atoms with Crippen LogP contribution >= 0.6 is 0 Å². The van der Waals surface area contributed by atoms with Crippen LogP contribution in [0.5, 0.6) is 0 Å². The smallest absolute Gasteiger partial charge is 0.311 e. The van der Waals surface area contributed by atoms with Crippen molar-refractivity contribution in [2.45, 2.75) is 65.8 Å². The molecule has 0 aromatic heterocycles. The molecule has 0 radical (unpaired) electrons. The van der Waals surface area contributed by atoms with Gasteiger partial charge >= 0.3 is 11.8 Å². The van der Waals surface area contributed by atoms with Crippen LogP contribution in [0.4, 0.5) is 0 Å². The van der Waals surface area contributed by atoms with Gasteiger partial charge < -0.3 is 10.2 Å². The normalized spacial score (nSPS) is 11.8. The van der Waals surface area contributed by atoms with Crippen molar-refractivity contribution >= 4 is 11.8 Å². The Bertz CT molecular complexity index is 503. The molecule has 0 aliphatic carbocycles. The number of hydrogen-bond donors (Lipinski definition) is 1. The number of unbranched alkanes of at least 4 members (excludes halogenated alkanes) is 2. The quantitative estimate of drug-likeness (QED) is 0.698. The predicted molar refractivity (Wildman–Crippen MR) is 98.8 cm³/mol. The highest BCUT2D eigenvalue weighted by molar-refractivity contribution is 6.35. The van der Waals surface area contributed by atoms with Crippen LogP contribution in [0.25, 0.3) is 0 Å². The van der Waals surface area contributed by atoms with E-state index in [0.717, 1.165) is 37.7 Å². The first kappa shape index (κ1) is 20.2. The fourth-order valence-corrected chi connectivity index (χ4v) is 2.54. The molecule has 1 atom stereocenters. The molecule has 1 N–H and O–H groups in total. The topological polar surface area (TPSA) is 49.4 Å². The predicted octanol–water partition coefficient (Wildman–Crippen LogP) is 3.86. The number of aryl methyl sites for hydroxylation is 1. The average molecular weight is 332 g/mol. The molecular weight excluding hydrogens is 300 g/mol. The standard InChI is InChI=1S/C20H32N2O2/c1-5-8-14-22(15-9-6-2)20(24)19(23)21-16(4)18-12-10-17(7-3)11-13-18/h10-13,16H,5-9,14-15H2,1-4H3,(H,21,23). The number of hydrogen-bond acceptors (Lipinski definition) is 2. The Morgan fingerprint density at radius 2 is 1.54 bits per heavy atom. The van der Waals surface area contributed by atoms with E-state index < -0.39 is 11.8 Å². The first-order valence-corrected chi connectivity index (χ1v) is 9.22. The lowest BCUT2D eigenvalue weighted by Gasteiger charge is -2.23. The van der Waals surface area contributed by atoms with Crippen molar-refractivity contribution in [1.82, 2.24) is 10.2 Å². The van der Waals surface area contributed by atoms with Gasteiger partial charge in [0.1, 0.15) is 0 Å². The van der Waals surface area contributed by atoms with Crippen molar-refractivity contribution in [1.29, 1.82) is 0 Å². The summed E-state index contributed by atoms with van der Waals surface area (Å²) >= 11 is 0. The molecule has 2 amide bonds. The molecule has 0 heterocycles. The Hall–Kier alpha value is -1.84. The summed E-state index contributed by atoms with van der Waals surface area (Å²) in [5.74, 6) is -0.914. The Morgan fingerprint density at radius 1 is 1.00 bits per heavy atom. The summed E-state index contributed by atoms with van der Waals surface area (Å²) in [5.41, 5.74) is 2.28. The van der Waals surface area contributed by atoms with Crippen LogP contribution in [-0.2, 0) is 16.0 Å². The molecule has 0 saturated carbocycles. The maximum absolute atomic E-state index is 12.4. The monoisotopic (exact) mass is 332 g/mol. The van der Waals surface area contributed by atoms with Gasteiger partial charge in [-0.25, -0.2) is 0 Å². The number of rotatable bonds is 9. The van der Waals surface area contributed by atoms with Crippen LogP contribution in [0.1, 0.15) is 70.5 Å². The first-order chi connectivity index (χ1) is 11.5. The van der Waals surface area contributed by atoms with Crippen LogP contribution in [0.3, 0.4) is 0 Å². The van der Waals surface area contributed by atoms with E-state index in [1.165, 1.54) is 5.56 Å². The molecule has 0 bridgehead atoms. The Kier molecular flexibility index (Phi) is 9.13. The van der Waals surface area contributed by atoms with E-state index in [1.54, 1.807) is 4.90 Å². The van der Waals surface area contributed by atoms with E-state index in [0.29, 0.717) is 13.1 Å². The average Bonchev–Trinajstić information content (AvgIpc) is 2.61. The van der Waals surface area contributed by atoms with Crippen molar-refractivity contribution < 1.29 is 9.59 Å². The minimum absolute atomic E-state index is 0.174. The summed E-state index contributed by atoms with van der Waals surface area (Å²) in [6, 6.07) is 7.98. The zero-order valence-electron chi connectivity index (χ0n) is 15.6. The van der Waals surface area contributed by atoms with E-state index in [-0.39, 0.29) is 6.04 Å². The molecule has 0 fully saturated rings. The van der Waals surface area contributed by atoms with Crippen LogP contribution in [0.15, 0.2) is 24.3 Å². The maximum Gasteiger partial charge on any atom is 0.311 e. The largest absolute Gasteiger partial charge is 0.341 e. The summed E-state index contributed by atoms with van der Waals surface area (Å²) in [6.45, 7) is 9.51. The SMILES string of the molecule is CCCCN(CCCC)C(=O)C(=O)NC(C)c1ccc(CC)cc1. The second-order valence-corrected chi connectivity index (χ2v) is 6.29. The third-order valence-corrected chi connectivity index (χ3v) is 4.28. The molecule has 24 heavy (non-hydrogen) atoms. The fourth-order valence-electron chi connectivity index (χ4n) is 2.54. The zero-order chi connectivity index (χ0) is 17.9. The third-order valence-electron chi connectivity index (χ3n) is 4.28. The van der Waals surface area contributed by atoms with Crippen molar-refractivity contribution in [2.24, 2.45) is 0 Å². The van der Waals surface area contributed by atoms with Gasteiger partial charge in [0.25, 0.3) is 0 Å². The van der Waals surface area contributed by atoms with Gasteiger partial charge in [-0.3, -0.25) is 9.59 Å². The molecule has 1 unspecified atom stereocenters. The van der Waals surface area contributed by atoms with Crippen LogP contribution in [-0.4, -0.2) is 29.8 Å². The van der Waals surface area contributed by atoms with Crippen molar-refractivity contribution in [3.8, 4) is 0 Å². The van der Waals surface area contributed by atoms with Crippen LogP contribution in [0, 0.1) is 0 Å². The molecule has 134 valence electrons. The molecule has 4 nitrogen and oxygen atoms in total. The molecule has 4 heteroatoms. The van der Waals surface area contributed by atoms with E-state index in [4.69, 9.17) is 0 Å². The lowest BCUT2D eigenvalue weighted by atomic mass is 10.0. The lowest BCUT2D eigenvalue weighted by molar-refractivity contribution is -0.146. The number of benzene rings is 1. The number of carbonyl (C=O) groups is 2. The molecule has 1 rings (SSSR count). The van der Waals surface area contributed by atoms with Gasteiger partial charge in [0.2, 0.25) is 0 Å². The van der Waals surface area contributed by atoms with E-state index in [1.807, 2.05) is 19.1 Å². The summed E-state index contributed by atoms with van der Waals surface area (Å²) in [4.78, 5) is 26.4. The molecular formula is C20H32N2O2. The highest BCUT2D eigenvalue weighted by atomic mass is 16.2. The van der Waals surface area contributed by atoms with E-state index in [9.17, 15) is 9.59 Å². The summed E-state index contributed by atoms with van der Waals surface area (Å²) < 4.78 is 0. The number of nitrogens with zero attached hydrogens (tertiary/aromatic N) is 1. The molecule has 1 aromatic rings. The molecule has 0 spiro atoms. The van der Waals surface area contributed by atoms with Crippen molar-refractivity contribution in [2.75, 3.05) is 13.1 Å². The summed E-state index contributed by atoms with van der Waals surface area (Å²) in [5, 5.41) is 2.84. The van der Waals surface area contributed by atoms with Crippen LogP contribution < -0.4 is 5.32 Å².